The highest BCUT2D eigenvalue weighted by Gasteiger charge is 2.28. The second kappa shape index (κ2) is 10.0. The van der Waals surface area contributed by atoms with Crippen LogP contribution in [0.3, 0.4) is 0 Å². The van der Waals surface area contributed by atoms with E-state index in [0.29, 0.717) is 17.0 Å². The highest BCUT2D eigenvalue weighted by Crippen LogP contribution is 2.34. The van der Waals surface area contributed by atoms with Crippen LogP contribution in [-0.2, 0) is 10.6 Å². The minimum absolute atomic E-state index is 0.0404. The summed E-state index contributed by atoms with van der Waals surface area (Å²) in [5.74, 6) is -5.13. The van der Waals surface area contributed by atoms with Gasteiger partial charge in [0.25, 0.3) is 0 Å². The molecule has 7 N–H and O–H groups in total. The third-order valence-electron chi connectivity index (χ3n) is 4.02. The molecule has 0 aliphatic carbocycles. The van der Waals surface area contributed by atoms with E-state index in [0.717, 1.165) is 6.21 Å². The normalized spacial score (nSPS) is 12.6. The number of aldehydes is 1. The van der Waals surface area contributed by atoms with Gasteiger partial charge in [0.05, 0.1) is 31.7 Å². The number of ether oxygens (including phenoxy) is 1. The molecule has 9 nitrogen and oxygen atoms in total. The van der Waals surface area contributed by atoms with Gasteiger partial charge in [-0.2, -0.15) is 8.78 Å². The maximum Gasteiger partial charge on any atom is 0.319 e. The molecular formula is C18H27F2N5O4. The number of allylic oxidation sites excluding steroid dienone is 1. The molecule has 0 atom stereocenters. The molecule has 0 amide bonds. The van der Waals surface area contributed by atoms with E-state index in [-0.39, 0.29) is 23.8 Å². The van der Waals surface area contributed by atoms with Crippen LogP contribution in [0.4, 0.5) is 14.5 Å². The standard InChI is InChI=1S/C18H27F2N5O4/c1-11-12(17(2,27)28)5-6-13(15(11)29-4)24-10-25-16(14(7-21)22-3)23-8-18(19,20)9-26/h5-7,9,21-25,27-28H,8,10H2,1-4H3/b16-14+,21-7?. The number of aliphatic hydroxyl groups is 2. The number of nitrogens with one attached hydrogen (secondary N) is 5. The topological polar surface area (TPSA) is 139 Å². The number of anilines is 1. The SMILES string of the molecule is CN/C(C=N)=C(/NCNc1ccc(C(C)(O)O)c(C)c1OC)NCC(F)(F)C=O. The van der Waals surface area contributed by atoms with Gasteiger partial charge in [-0.1, -0.05) is 6.07 Å². The van der Waals surface area contributed by atoms with E-state index >= 15 is 0 Å². The summed E-state index contributed by atoms with van der Waals surface area (Å²) >= 11 is 0. The molecule has 0 aliphatic rings. The van der Waals surface area contributed by atoms with Crippen molar-refractivity contribution in [3.63, 3.8) is 0 Å². The molecular weight excluding hydrogens is 388 g/mol. The molecule has 0 spiro atoms. The Morgan fingerprint density at radius 3 is 2.45 bits per heavy atom. The molecule has 0 bridgehead atoms. The fourth-order valence-corrected chi connectivity index (χ4v) is 2.60. The summed E-state index contributed by atoms with van der Waals surface area (Å²) in [6, 6.07) is 3.11. The Balaban J connectivity index is 2.97. The van der Waals surface area contributed by atoms with E-state index in [1.807, 2.05) is 0 Å². The van der Waals surface area contributed by atoms with Crippen molar-refractivity contribution in [3.8, 4) is 5.75 Å². The smallest absolute Gasteiger partial charge is 0.319 e. The quantitative estimate of drug-likeness (QED) is 0.150. The Bertz CT molecular complexity index is 763. The van der Waals surface area contributed by atoms with Crippen molar-refractivity contribution in [1.82, 2.24) is 16.0 Å². The van der Waals surface area contributed by atoms with Gasteiger partial charge in [0.2, 0.25) is 0 Å². The Morgan fingerprint density at radius 2 is 1.97 bits per heavy atom. The van der Waals surface area contributed by atoms with E-state index in [1.54, 1.807) is 13.0 Å². The number of hydrogen-bond donors (Lipinski definition) is 7. The molecule has 0 fully saturated rings. The first-order valence-electron chi connectivity index (χ1n) is 8.61. The number of methoxy groups -OCH3 is 1. The fraction of sp³-hybridized carbons (Fsp3) is 0.444. The average molecular weight is 415 g/mol. The third kappa shape index (κ3) is 6.57. The van der Waals surface area contributed by atoms with Crippen molar-refractivity contribution in [1.29, 1.82) is 5.41 Å². The molecule has 1 rings (SSSR count). The molecule has 0 aliphatic heterocycles. The third-order valence-corrected chi connectivity index (χ3v) is 4.02. The van der Waals surface area contributed by atoms with Crippen molar-refractivity contribution < 1.29 is 28.5 Å². The molecule has 0 saturated carbocycles. The van der Waals surface area contributed by atoms with Gasteiger partial charge in [-0.25, -0.2) is 0 Å². The molecule has 0 radical (unpaired) electrons. The summed E-state index contributed by atoms with van der Waals surface area (Å²) in [6.07, 6.45) is 0.474. The number of rotatable bonds is 12. The highest BCUT2D eigenvalue weighted by molar-refractivity contribution is 5.75. The Labute approximate surface area is 167 Å². The number of hydrogen-bond acceptors (Lipinski definition) is 9. The molecule has 0 unspecified atom stereocenters. The molecule has 162 valence electrons. The lowest BCUT2D eigenvalue weighted by molar-refractivity contribution is -0.153. The van der Waals surface area contributed by atoms with Crippen LogP contribution in [-0.4, -0.2) is 56.0 Å². The number of carbonyl (C=O) groups excluding carboxylic acids is 1. The molecule has 0 saturated heterocycles. The van der Waals surface area contributed by atoms with Crippen LogP contribution >= 0.6 is 0 Å². The van der Waals surface area contributed by atoms with Crippen LogP contribution in [0.5, 0.6) is 5.75 Å². The predicted octanol–water partition coefficient (Wildman–Crippen LogP) is 0.582. The first kappa shape index (κ1) is 24.1. The second-order valence-corrected chi connectivity index (χ2v) is 6.29. The molecule has 1 aromatic carbocycles. The van der Waals surface area contributed by atoms with Gasteiger partial charge in [0, 0.05) is 24.4 Å². The van der Waals surface area contributed by atoms with E-state index < -0.39 is 24.5 Å². The number of alkyl halides is 2. The molecule has 11 heteroatoms. The summed E-state index contributed by atoms with van der Waals surface area (Å²) in [7, 11) is 2.94. The predicted molar refractivity (Wildman–Crippen MR) is 105 cm³/mol. The zero-order valence-electron chi connectivity index (χ0n) is 16.7. The van der Waals surface area contributed by atoms with Crippen LogP contribution in [0.1, 0.15) is 18.1 Å². The number of carbonyl (C=O) groups is 1. The molecule has 29 heavy (non-hydrogen) atoms. The zero-order valence-corrected chi connectivity index (χ0v) is 16.7. The van der Waals surface area contributed by atoms with E-state index in [4.69, 9.17) is 10.1 Å². The molecule has 1 aromatic rings. The zero-order chi connectivity index (χ0) is 22.2. The van der Waals surface area contributed by atoms with Crippen molar-refractivity contribution in [2.24, 2.45) is 0 Å². The summed E-state index contributed by atoms with van der Waals surface area (Å²) in [5.41, 5.74) is 1.50. The largest absolute Gasteiger partial charge is 0.494 e. The maximum absolute atomic E-state index is 13.2. The van der Waals surface area contributed by atoms with Gasteiger partial charge in [-0.3, -0.25) is 4.79 Å². The summed E-state index contributed by atoms with van der Waals surface area (Å²) < 4.78 is 31.8. The lowest BCUT2D eigenvalue weighted by Crippen LogP contribution is -2.40. The lowest BCUT2D eigenvalue weighted by Gasteiger charge is -2.23. The van der Waals surface area contributed by atoms with Crippen molar-refractivity contribution >= 4 is 18.2 Å². The van der Waals surface area contributed by atoms with Gasteiger partial charge in [0.1, 0.15) is 11.6 Å². The first-order chi connectivity index (χ1) is 13.5. The van der Waals surface area contributed by atoms with E-state index in [9.17, 15) is 23.8 Å². The van der Waals surface area contributed by atoms with Gasteiger partial charge < -0.3 is 41.6 Å². The maximum atomic E-state index is 13.2. The summed E-state index contributed by atoms with van der Waals surface area (Å²) in [5, 5.41) is 37.9. The monoisotopic (exact) mass is 415 g/mol. The first-order valence-corrected chi connectivity index (χ1v) is 8.61. The van der Waals surface area contributed by atoms with E-state index in [1.165, 1.54) is 27.1 Å². The summed E-state index contributed by atoms with van der Waals surface area (Å²) in [4.78, 5) is 10.4. The van der Waals surface area contributed by atoms with Gasteiger partial charge in [-0.05, 0) is 19.9 Å². The second-order valence-electron chi connectivity index (χ2n) is 6.29. The molecule has 0 heterocycles. The van der Waals surface area contributed by atoms with Crippen molar-refractivity contribution in [2.45, 2.75) is 25.6 Å². The Morgan fingerprint density at radius 1 is 1.31 bits per heavy atom. The van der Waals surface area contributed by atoms with Crippen LogP contribution < -0.4 is 26.0 Å². The minimum atomic E-state index is -3.56. The lowest BCUT2D eigenvalue weighted by atomic mass is 10.00. The Kier molecular flexibility index (Phi) is 8.34. The van der Waals surface area contributed by atoms with Crippen LogP contribution in [0.15, 0.2) is 23.7 Å². The van der Waals surface area contributed by atoms with Gasteiger partial charge in [-0.15, -0.1) is 0 Å². The summed E-state index contributed by atoms with van der Waals surface area (Å²) in [6.45, 7) is 2.00. The fourth-order valence-electron chi connectivity index (χ4n) is 2.60. The van der Waals surface area contributed by atoms with Crippen LogP contribution in [0.25, 0.3) is 0 Å². The van der Waals surface area contributed by atoms with Crippen molar-refractivity contribution in [3.05, 3.63) is 34.8 Å². The highest BCUT2D eigenvalue weighted by atomic mass is 19.3. The Hall–Kier alpha value is -2.92. The average Bonchev–Trinajstić information content (AvgIpc) is 2.65. The van der Waals surface area contributed by atoms with Gasteiger partial charge >= 0.3 is 5.92 Å². The van der Waals surface area contributed by atoms with Crippen LogP contribution in [0.2, 0.25) is 0 Å². The van der Waals surface area contributed by atoms with Crippen molar-refractivity contribution in [2.75, 3.05) is 32.7 Å². The van der Waals surface area contributed by atoms with E-state index in [2.05, 4.69) is 21.3 Å². The molecule has 0 aromatic heterocycles. The minimum Gasteiger partial charge on any atom is -0.494 e. The number of halogens is 2. The number of benzene rings is 1. The van der Waals surface area contributed by atoms with Crippen LogP contribution in [0, 0.1) is 12.3 Å². The van der Waals surface area contributed by atoms with Gasteiger partial charge in [0.15, 0.2) is 12.1 Å².